The summed E-state index contributed by atoms with van der Waals surface area (Å²) >= 11 is 0. The number of nitrogens with one attached hydrogen (secondary N) is 1. The number of anilines is 1. The molecule has 0 aliphatic rings. The van der Waals surface area contributed by atoms with E-state index in [1.807, 2.05) is 12.1 Å². The van der Waals surface area contributed by atoms with Crippen LogP contribution in [0.5, 0.6) is 0 Å². The van der Waals surface area contributed by atoms with Crippen molar-refractivity contribution in [3.8, 4) is 0 Å². The Hall–Kier alpha value is -1.59. The molecule has 1 aromatic heterocycles. The Balaban J connectivity index is 0.00000200. The van der Waals surface area contributed by atoms with E-state index in [2.05, 4.69) is 16.6 Å². The van der Waals surface area contributed by atoms with Crippen molar-refractivity contribution in [3.63, 3.8) is 0 Å². The van der Waals surface area contributed by atoms with E-state index in [0.29, 0.717) is 5.69 Å². The number of sulfonamides is 1. The summed E-state index contributed by atoms with van der Waals surface area (Å²) in [7, 11) is -3.52. The summed E-state index contributed by atoms with van der Waals surface area (Å²) in [4.78, 5) is 4.11. The average molecular weight is 313 g/mol. The molecule has 1 N–H and O–H groups in total. The van der Waals surface area contributed by atoms with Crippen molar-refractivity contribution in [2.75, 3.05) is 4.72 Å². The van der Waals surface area contributed by atoms with Crippen molar-refractivity contribution >= 4 is 28.1 Å². The van der Waals surface area contributed by atoms with Gasteiger partial charge in [0.25, 0.3) is 10.0 Å². The van der Waals surface area contributed by atoms with Crippen LogP contribution < -0.4 is 4.72 Å². The quantitative estimate of drug-likeness (QED) is 0.922. The van der Waals surface area contributed by atoms with Crippen LogP contribution in [0.25, 0.3) is 0 Å². The van der Waals surface area contributed by atoms with Gasteiger partial charge in [-0.25, -0.2) is 8.42 Å². The lowest BCUT2D eigenvalue weighted by atomic mass is 10.1. The van der Waals surface area contributed by atoms with Gasteiger partial charge >= 0.3 is 0 Å². The summed E-state index contributed by atoms with van der Waals surface area (Å²) in [6, 6.07) is 10.2. The normalized spacial score (nSPS) is 10.7. The summed E-state index contributed by atoms with van der Waals surface area (Å²) < 4.78 is 26.8. The van der Waals surface area contributed by atoms with Crippen LogP contribution in [0.4, 0.5) is 5.69 Å². The van der Waals surface area contributed by atoms with E-state index in [1.54, 1.807) is 36.7 Å². The van der Waals surface area contributed by atoms with Crippen LogP contribution >= 0.6 is 12.4 Å². The first kappa shape index (κ1) is 16.5. The fourth-order valence-electron chi connectivity index (χ4n) is 1.76. The number of halogens is 1. The molecule has 4 nitrogen and oxygen atoms in total. The molecule has 0 spiro atoms. The number of aromatic nitrogens is 1. The van der Waals surface area contributed by atoms with Crippen LogP contribution in [0.1, 0.15) is 18.9 Å². The van der Waals surface area contributed by atoms with E-state index in [-0.39, 0.29) is 17.3 Å². The van der Waals surface area contributed by atoms with Gasteiger partial charge in [-0.1, -0.05) is 25.5 Å². The Morgan fingerprint density at radius 1 is 1.05 bits per heavy atom. The SMILES string of the molecule is CCCc1ccc(S(=O)(=O)Nc2ccncc2)cc1.Cl. The van der Waals surface area contributed by atoms with Gasteiger partial charge in [0.1, 0.15) is 0 Å². The first-order valence-electron chi connectivity index (χ1n) is 6.13. The molecule has 0 saturated heterocycles. The molecule has 0 radical (unpaired) electrons. The first-order chi connectivity index (χ1) is 9.12. The summed E-state index contributed by atoms with van der Waals surface area (Å²) in [5, 5.41) is 0. The molecular formula is C14H17ClN2O2S. The molecule has 0 unspecified atom stereocenters. The Morgan fingerprint density at radius 3 is 2.20 bits per heavy atom. The zero-order valence-corrected chi connectivity index (χ0v) is 12.7. The van der Waals surface area contributed by atoms with Gasteiger partial charge in [0.15, 0.2) is 0 Å². The van der Waals surface area contributed by atoms with Crippen molar-refractivity contribution < 1.29 is 8.42 Å². The number of hydrogen-bond acceptors (Lipinski definition) is 3. The van der Waals surface area contributed by atoms with Crippen molar-refractivity contribution in [2.45, 2.75) is 24.7 Å². The Morgan fingerprint density at radius 2 is 1.65 bits per heavy atom. The zero-order chi connectivity index (χ0) is 13.7. The van der Waals surface area contributed by atoms with Crippen LogP contribution in [-0.4, -0.2) is 13.4 Å². The predicted octanol–water partition coefficient (Wildman–Crippen LogP) is 3.26. The van der Waals surface area contributed by atoms with Crippen LogP contribution in [0.3, 0.4) is 0 Å². The fourth-order valence-corrected chi connectivity index (χ4v) is 2.82. The molecule has 1 heterocycles. The van der Waals surface area contributed by atoms with E-state index in [0.717, 1.165) is 18.4 Å². The maximum atomic E-state index is 12.1. The van der Waals surface area contributed by atoms with Crippen LogP contribution in [0, 0.1) is 0 Å². The molecule has 0 aliphatic carbocycles. The number of aryl methyl sites for hydroxylation is 1. The minimum Gasteiger partial charge on any atom is -0.280 e. The smallest absolute Gasteiger partial charge is 0.261 e. The molecule has 0 fully saturated rings. The van der Waals surface area contributed by atoms with Gasteiger partial charge in [0.05, 0.1) is 10.6 Å². The second kappa shape index (κ2) is 7.26. The van der Waals surface area contributed by atoms with E-state index in [9.17, 15) is 8.42 Å². The number of nitrogens with zero attached hydrogens (tertiary/aromatic N) is 1. The van der Waals surface area contributed by atoms with E-state index >= 15 is 0 Å². The standard InChI is InChI=1S/C14H16N2O2S.ClH/c1-2-3-12-4-6-14(7-5-12)19(17,18)16-13-8-10-15-11-9-13;/h4-11H,2-3H2,1H3,(H,15,16);1H. The van der Waals surface area contributed by atoms with Gasteiger partial charge < -0.3 is 0 Å². The third-order valence-corrected chi connectivity index (χ3v) is 4.10. The lowest BCUT2D eigenvalue weighted by Gasteiger charge is -2.08. The molecule has 108 valence electrons. The summed E-state index contributed by atoms with van der Waals surface area (Å²) in [5.41, 5.74) is 1.65. The molecule has 1 aromatic carbocycles. The predicted molar refractivity (Wildman–Crippen MR) is 82.7 cm³/mol. The number of hydrogen-bond donors (Lipinski definition) is 1. The second-order valence-electron chi connectivity index (χ2n) is 4.24. The topological polar surface area (TPSA) is 59.1 Å². The van der Waals surface area contributed by atoms with Gasteiger partial charge in [-0.15, -0.1) is 12.4 Å². The highest BCUT2D eigenvalue weighted by Gasteiger charge is 2.13. The highest BCUT2D eigenvalue weighted by Crippen LogP contribution is 2.16. The van der Waals surface area contributed by atoms with Gasteiger partial charge in [-0.05, 0) is 36.2 Å². The molecule has 0 aliphatic heterocycles. The number of rotatable bonds is 5. The third-order valence-electron chi connectivity index (χ3n) is 2.70. The highest BCUT2D eigenvalue weighted by molar-refractivity contribution is 7.92. The van der Waals surface area contributed by atoms with Gasteiger partial charge in [-0.3, -0.25) is 9.71 Å². The maximum absolute atomic E-state index is 12.1. The molecule has 2 aromatic rings. The van der Waals surface area contributed by atoms with Gasteiger partial charge in [-0.2, -0.15) is 0 Å². The monoisotopic (exact) mass is 312 g/mol. The largest absolute Gasteiger partial charge is 0.280 e. The van der Waals surface area contributed by atoms with Crippen molar-refractivity contribution in [1.29, 1.82) is 0 Å². The Kier molecular flexibility index (Phi) is 5.98. The first-order valence-corrected chi connectivity index (χ1v) is 7.62. The highest BCUT2D eigenvalue weighted by atomic mass is 35.5. The van der Waals surface area contributed by atoms with E-state index in [4.69, 9.17) is 0 Å². The summed E-state index contributed by atoms with van der Waals surface area (Å²) in [5.74, 6) is 0. The van der Waals surface area contributed by atoms with Crippen molar-refractivity contribution in [2.24, 2.45) is 0 Å². The minimum absolute atomic E-state index is 0. The fraction of sp³-hybridized carbons (Fsp3) is 0.214. The minimum atomic E-state index is -3.52. The van der Waals surface area contributed by atoms with Crippen LogP contribution in [0.15, 0.2) is 53.7 Å². The van der Waals surface area contributed by atoms with E-state index < -0.39 is 10.0 Å². The molecule has 0 atom stereocenters. The lowest BCUT2D eigenvalue weighted by Crippen LogP contribution is -2.12. The number of pyridine rings is 1. The molecule has 0 saturated carbocycles. The Labute approximate surface area is 125 Å². The van der Waals surface area contributed by atoms with Crippen molar-refractivity contribution in [1.82, 2.24) is 4.98 Å². The Bertz CT molecular complexity index is 628. The molecule has 20 heavy (non-hydrogen) atoms. The van der Waals surface area contributed by atoms with Gasteiger partial charge in [0.2, 0.25) is 0 Å². The lowest BCUT2D eigenvalue weighted by molar-refractivity contribution is 0.601. The molecule has 0 amide bonds. The van der Waals surface area contributed by atoms with Crippen molar-refractivity contribution in [3.05, 3.63) is 54.4 Å². The third kappa shape index (κ3) is 4.21. The average Bonchev–Trinajstić information content (AvgIpc) is 2.40. The second-order valence-corrected chi connectivity index (χ2v) is 5.92. The van der Waals surface area contributed by atoms with Gasteiger partial charge in [0, 0.05) is 12.4 Å². The number of benzene rings is 1. The van der Waals surface area contributed by atoms with Crippen LogP contribution in [0.2, 0.25) is 0 Å². The summed E-state index contributed by atoms with van der Waals surface area (Å²) in [6.45, 7) is 2.09. The molecular weight excluding hydrogens is 296 g/mol. The molecule has 6 heteroatoms. The summed E-state index contributed by atoms with van der Waals surface area (Å²) in [6.07, 6.45) is 5.09. The zero-order valence-electron chi connectivity index (χ0n) is 11.1. The van der Waals surface area contributed by atoms with Crippen LogP contribution in [-0.2, 0) is 16.4 Å². The molecule has 2 rings (SSSR count). The van der Waals surface area contributed by atoms with E-state index in [1.165, 1.54) is 0 Å². The maximum Gasteiger partial charge on any atom is 0.261 e. The molecule has 0 bridgehead atoms.